The minimum atomic E-state index is -1.74. The Morgan fingerprint density at radius 2 is 1.29 bits per heavy atom. The first-order valence-corrected chi connectivity index (χ1v) is 8.52. The van der Waals surface area contributed by atoms with Crippen LogP contribution in [0.15, 0.2) is 0 Å². The zero-order valence-electron chi connectivity index (χ0n) is 10.2. The second-order valence-corrected chi connectivity index (χ2v) is 8.01. The van der Waals surface area contributed by atoms with E-state index in [2.05, 4.69) is 20.8 Å². The van der Waals surface area contributed by atoms with Crippen molar-refractivity contribution in [1.82, 2.24) is 0 Å². The van der Waals surface area contributed by atoms with Crippen LogP contribution < -0.4 is 0 Å². The fourth-order valence-corrected chi connectivity index (χ4v) is 3.60. The molecule has 0 spiro atoms. The smallest absolute Gasteiger partial charge is 0.0872 e. The molecule has 0 aliphatic heterocycles. The van der Waals surface area contributed by atoms with Gasteiger partial charge in [0.15, 0.2) is 0 Å². The van der Waals surface area contributed by atoms with Crippen LogP contribution in [0.25, 0.3) is 0 Å². The zero-order chi connectivity index (χ0) is 10.9. The molecule has 0 rings (SSSR count). The third-order valence-corrected chi connectivity index (χ3v) is 6.51. The van der Waals surface area contributed by atoms with Crippen molar-refractivity contribution in [1.29, 1.82) is 0 Å². The molecule has 1 nitrogen and oxygen atoms in total. The van der Waals surface area contributed by atoms with E-state index in [1.165, 1.54) is 38.5 Å². The maximum atomic E-state index is 12.0. The number of hydrogen-bond acceptors (Lipinski definition) is 1. The fourth-order valence-electron chi connectivity index (χ4n) is 1.72. The molecule has 86 valence electrons. The highest BCUT2D eigenvalue weighted by molar-refractivity contribution is 7.63. The SMILES string of the molecule is CCCCCCCCP(=O)(CC)CC. The van der Waals surface area contributed by atoms with E-state index in [9.17, 15) is 4.57 Å². The van der Waals surface area contributed by atoms with Crippen LogP contribution in [0.1, 0.15) is 59.3 Å². The average Bonchev–Trinajstić information content (AvgIpc) is 2.23. The number of hydrogen-bond donors (Lipinski definition) is 0. The molecule has 0 radical (unpaired) electrons. The van der Waals surface area contributed by atoms with Crippen molar-refractivity contribution in [2.24, 2.45) is 0 Å². The van der Waals surface area contributed by atoms with Gasteiger partial charge in [-0.15, -0.1) is 0 Å². The Kier molecular flexibility index (Phi) is 8.67. The molecule has 0 saturated carbocycles. The predicted molar refractivity (Wildman–Crippen MR) is 66.9 cm³/mol. The van der Waals surface area contributed by atoms with Gasteiger partial charge in [-0.1, -0.05) is 52.9 Å². The van der Waals surface area contributed by atoms with Crippen LogP contribution in [0.2, 0.25) is 0 Å². The summed E-state index contributed by atoms with van der Waals surface area (Å²) in [6.45, 7) is 6.38. The van der Waals surface area contributed by atoms with Crippen LogP contribution in [-0.2, 0) is 4.57 Å². The third kappa shape index (κ3) is 6.65. The van der Waals surface area contributed by atoms with Crippen molar-refractivity contribution >= 4 is 7.14 Å². The van der Waals surface area contributed by atoms with E-state index in [0.29, 0.717) is 0 Å². The molecule has 2 heteroatoms. The molecular formula is C12H27OP. The summed E-state index contributed by atoms with van der Waals surface area (Å²) in [5.74, 6) is 0. The van der Waals surface area contributed by atoms with Gasteiger partial charge in [-0.25, -0.2) is 0 Å². The monoisotopic (exact) mass is 218 g/mol. The minimum absolute atomic E-state index is 0.901. The van der Waals surface area contributed by atoms with Crippen molar-refractivity contribution in [2.75, 3.05) is 18.5 Å². The quantitative estimate of drug-likeness (QED) is 0.403. The van der Waals surface area contributed by atoms with Gasteiger partial charge >= 0.3 is 0 Å². The summed E-state index contributed by atoms with van der Waals surface area (Å²) in [6, 6.07) is 0. The Bertz CT molecular complexity index is 158. The van der Waals surface area contributed by atoms with Crippen molar-refractivity contribution < 1.29 is 4.57 Å². The molecular weight excluding hydrogens is 191 g/mol. The van der Waals surface area contributed by atoms with Gasteiger partial charge in [0.25, 0.3) is 0 Å². The number of rotatable bonds is 9. The second kappa shape index (κ2) is 8.53. The lowest BCUT2D eigenvalue weighted by molar-refractivity contribution is 0.569. The maximum Gasteiger partial charge on any atom is 0.0872 e. The molecule has 0 unspecified atom stereocenters. The molecule has 0 atom stereocenters. The van der Waals surface area contributed by atoms with Gasteiger partial charge in [-0.3, -0.25) is 0 Å². The average molecular weight is 218 g/mol. The first-order chi connectivity index (χ1) is 6.68. The molecule has 0 aliphatic carbocycles. The standard InChI is InChI=1S/C12H27OP/c1-4-7-8-9-10-11-12-14(13,5-2)6-3/h4-12H2,1-3H3. The molecule has 0 aromatic carbocycles. The predicted octanol–water partition coefficient (Wildman–Crippen LogP) is 4.75. The Balaban J connectivity index is 3.39. The van der Waals surface area contributed by atoms with Gasteiger partial charge in [0.05, 0.1) is 7.14 Å². The Hall–Kier alpha value is 0.230. The first kappa shape index (κ1) is 14.2. The minimum Gasteiger partial charge on any atom is -0.324 e. The molecule has 0 fully saturated rings. The lowest BCUT2D eigenvalue weighted by atomic mass is 10.1. The van der Waals surface area contributed by atoms with Gasteiger partial charge < -0.3 is 4.57 Å². The van der Waals surface area contributed by atoms with Crippen LogP contribution in [-0.4, -0.2) is 18.5 Å². The summed E-state index contributed by atoms with van der Waals surface area (Å²) >= 11 is 0. The summed E-state index contributed by atoms with van der Waals surface area (Å²) < 4.78 is 12.0. The van der Waals surface area contributed by atoms with Crippen LogP contribution in [0.5, 0.6) is 0 Å². The van der Waals surface area contributed by atoms with Crippen LogP contribution in [0.3, 0.4) is 0 Å². The third-order valence-electron chi connectivity index (χ3n) is 3.07. The van der Waals surface area contributed by atoms with E-state index in [0.717, 1.165) is 18.5 Å². The largest absolute Gasteiger partial charge is 0.324 e. The van der Waals surface area contributed by atoms with Gasteiger partial charge in [-0.05, 0) is 18.7 Å². The topological polar surface area (TPSA) is 17.1 Å². The first-order valence-electron chi connectivity index (χ1n) is 6.25. The normalized spacial score (nSPS) is 11.9. The van der Waals surface area contributed by atoms with Gasteiger partial charge in [0.2, 0.25) is 0 Å². The summed E-state index contributed by atoms with van der Waals surface area (Å²) in [5, 5.41) is 0. The van der Waals surface area contributed by atoms with E-state index in [1.807, 2.05) is 0 Å². The molecule has 0 saturated heterocycles. The van der Waals surface area contributed by atoms with Crippen molar-refractivity contribution in [3.63, 3.8) is 0 Å². The van der Waals surface area contributed by atoms with Crippen LogP contribution in [0, 0.1) is 0 Å². The van der Waals surface area contributed by atoms with Gasteiger partial charge in [0, 0.05) is 6.16 Å². The highest BCUT2D eigenvalue weighted by Gasteiger charge is 2.15. The lowest BCUT2D eigenvalue weighted by Gasteiger charge is -2.13. The Morgan fingerprint density at radius 3 is 1.79 bits per heavy atom. The van der Waals surface area contributed by atoms with E-state index < -0.39 is 7.14 Å². The lowest BCUT2D eigenvalue weighted by Crippen LogP contribution is -1.95. The summed E-state index contributed by atoms with van der Waals surface area (Å²) in [7, 11) is -1.74. The highest BCUT2D eigenvalue weighted by atomic mass is 31.2. The van der Waals surface area contributed by atoms with Crippen molar-refractivity contribution in [2.45, 2.75) is 59.3 Å². The molecule has 0 aromatic heterocycles. The van der Waals surface area contributed by atoms with Crippen LogP contribution in [0.4, 0.5) is 0 Å². The van der Waals surface area contributed by atoms with Gasteiger partial charge in [-0.2, -0.15) is 0 Å². The van der Waals surface area contributed by atoms with E-state index in [1.54, 1.807) is 0 Å². The molecule has 0 heterocycles. The Morgan fingerprint density at radius 1 is 0.786 bits per heavy atom. The maximum absolute atomic E-state index is 12.0. The highest BCUT2D eigenvalue weighted by Crippen LogP contribution is 2.45. The summed E-state index contributed by atoms with van der Waals surface area (Å²) in [6.07, 6.45) is 10.6. The van der Waals surface area contributed by atoms with Crippen molar-refractivity contribution in [3.8, 4) is 0 Å². The zero-order valence-corrected chi connectivity index (χ0v) is 11.1. The van der Waals surface area contributed by atoms with Gasteiger partial charge in [0.1, 0.15) is 0 Å². The molecule has 0 aromatic rings. The molecule has 0 amide bonds. The number of unbranched alkanes of at least 4 members (excludes halogenated alkanes) is 5. The van der Waals surface area contributed by atoms with Crippen molar-refractivity contribution in [3.05, 3.63) is 0 Å². The van der Waals surface area contributed by atoms with E-state index in [-0.39, 0.29) is 0 Å². The second-order valence-electron chi connectivity index (χ2n) is 4.18. The molecule has 0 aliphatic rings. The fraction of sp³-hybridized carbons (Fsp3) is 1.00. The summed E-state index contributed by atoms with van der Waals surface area (Å²) in [5.41, 5.74) is 0. The summed E-state index contributed by atoms with van der Waals surface area (Å²) in [4.78, 5) is 0. The van der Waals surface area contributed by atoms with E-state index >= 15 is 0 Å². The Labute approximate surface area is 90.0 Å². The van der Waals surface area contributed by atoms with Crippen LogP contribution >= 0.6 is 7.14 Å². The van der Waals surface area contributed by atoms with E-state index in [4.69, 9.17) is 0 Å². The molecule has 0 bridgehead atoms. The molecule has 14 heavy (non-hydrogen) atoms. The molecule has 0 N–H and O–H groups in total.